The lowest BCUT2D eigenvalue weighted by Gasteiger charge is -2.16. The molecule has 3 N–H and O–H groups in total. The number of halogens is 4. The molecule has 1 aromatic rings. The lowest BCUT2D eigenvalue weighted by Crippen LogP contribution is -2.38. The number of carbonyl (C=O) groups is 2. The van der Waals surface area contributed by atoms with E-state index in [4.69, 9.17) is 5.11 Å². The number of hydrogen-bond donors (Lipinski definition) is 3. The van der Waals surface area contributed by atoms with Gasteiger partial charge < -0.3 is 15.7 Å². The van der Waals surface area contributed by atoms with Gasteiger partial charge in [-0.05, 0) is 25.1 Å². The van der Waals surface area contributed by atoms with Crippen LogP contribution < -0.4 is 10.6 Å². The molecule has 0 heterocycles. The van der Waals surface area contributed by atoms with E-state index >= 15 is 0 Å². The molecule has 0 saturated carbocycles. The highest BCUT2D eigenvalue weighted by Gasteiger charge is 2.30. The van der Waals surface area contributed by atoms with Crippen LogP contribution in [0.15, 0.2) is 18.2 Å². The summed E-state index contributed by atoms with van der Waals surface area (Å²) in [5, 5.41) is 12.9. The number of urea groups is 1. The van der Waals surface area contributed by atoms with Crippen molar-refractivity contribution in [2.45, 2.75) is 25.6 Å². The number of benzene rings is 1. The zero-order valence-corrected chi connectivity index (χ0v) is 10.8. The average Bonchev–Trinajstić information content (AvgIpc) is 2.24. The molecule has 0 saturated heterocycles. The van der Waals surface area contributed by atoms with Gasteiger partial charge in [0.2, 0.25) is 0 Å². The van der Waals surface area contributed by atoms with Gasteiger partial charge in [0, 0.05) is 6.04 Å². The van der Waals surface area contributed by atoms with Crippen LogP contribution in [0.5, 0.6) is 0 Å². The highest BCUT2D eigenvalue weighted by molar-refractivity contribution is 6.00. The van der Waals surface area contributed by atoms with E-state index < -0.39 is 36.5 Å². The number of hydrogen-bond acceptors (Lipinski definition) is 2. The van der Waals surface area contributed by atoms with Crippen LogP contribution >= 0.6 is 0 Å². The maximum absolute atomic E-state index is 13.0. The smallest absolute Gasteiger partial charge is 0.391 e. The normalized spacial score (nSPS) is 12.6. The first kappa shape index (κ1) is 16.7. The minimum Gasteiger partial charge on any atom is -0.478 e. The lowest BCUT2D eigenvalue weighted by molar-refractivity contribution is -0.138. The second-order valence-corrected chi connectivity index (χ2v) is 4.31. The van der Waals surface area contributed by atoms with Crippen LogP contribution in [-0.2, 0) is 0 Å². The summed E-state index contributed by atoms with van der Waals surface area (Å²) in [6, 6.07) is 0.314. The Morgan fingerprint density at radius 2 is 1.95 bits per heavy atom. The molecule has 2 amide bonds. The predicted octanol–water partition coefficient (Wildman–Crippen LogP) is 2.99. The maximum atomic E-state index is 13.0. The summed E-state index contributed by atoms with van der Waals surface area (Å²) >= 11 is 0. The van der Waals surface area contributed by atoms with E-state index in [9.17, 15) is 27.2 Å². The van der Waals surface area contributed by atoms with Crippen molar-refractivity contribution in [1.29, 1.82) is 0 Å². The van der Waals surface area contributed by atoms with E-state index in [1.807, 2.05) is 10.6 Å². The zero-order valence-electron chi connectivity index (χ0n) is 10.8. The molecule has 0 bridgehead atoms. The molecule has 0 aliphatic heterocycles. The largest absolute Gasteiger partial charge is 0.478 e. The number of nitrogens with one attached hydrogen (secondary N) is 2. The number of carboxylic acids is 1. The van der Waals surface area contributed by atoms with Gasteiger partial charge in [-0.1, -0.05) is 0 Å². The highest BCUT2D eigenvalue weighted by atomic mass is 19.4. The molecule has 9 heteroatoms. The Labute approximate surface area is 117 Å². The Balaban J connectivity index is 2.75. The third kappa shape index (κ3) is 5.67. The summed E-state index contributed by atoms with van der Waals surface area (Å²) in [7, 11) is 0. The third-order valence-corrected chi connectivity index (χ3v) is 2.38. The summed E-state index contributed by atoms with van der Waals surface area (Å²) in [5.74, 6) is -2.20. The van der Waals surface area contributed by atoms with Gasteiger partial charge in [0.05, 0.1) is 17.7 Å². The number of alkyl halides is 3. The maximum Gasteiger partial charge on any atom is 0.391 e. The van der Waals surface area contributed by atoms with Crippen molar-refractivity contribution >= 4 is 17.7 Å². The van der Waals surface area contributed by atoms with Crippen LogP contribution in [0.25, 0.3) is 0 Å². The molecule has 0 radical (unpaired) electrons. The average molecular weight is 308 g/mol. The second kappa shape index (κ2) is 6.42. The van der Waals surface area contributed by atoms with E-state index in [0.717, 1.165) is 25.1 Å². The van der Waals surface area contributed by atoms with E-state index in [1.165, 1.54) is 0 Å². The van der Waals surface area contributed by atoms with Crippen molar-refractivity contribution in [2.75, 3.05) is 5.32 Å². The predicted molar refractivity (Wildman–Crippen MR) is 65.6 cm³/mol. The van der Waals surface area contributed by atoms with Gasteiger partial charge in [0.1, 0.15) is 5.82 Å². The van der Waals surface area contributed by atoms with Gasteiger partial charge in [-0.2, -0.15) is 13.2 Å². The standard InChI is InChI=1S/C12H12F4N2O3/c1-6(5-12(14,15)16)17-11(21)18-9-4-7(13)2-3-8(9)10(19)20/h2-4,6H,5H2,1H3,(H,19,20)(H2,17,18,21). The molecule has 1 atom stereocenters. The van der Waals surface area contributed by atoms with Gasteiger partial charge in [0.25, 0.3) is 0 Å². The van der Waals surface area contributed by atoms with Crippen LogP contribution in [0, 0.1) is 5.82 Å². The topological polar surface area (TPSA) is 78.4 Å². The summed E-state index contributed by atoms with van der Waals surface area (Å²) in [5.41, 5.74) is -0.728. The summed E-state index contributed by atoms with van der Waals surface area (Å²) < 4.78 is 49.4. The Bertz CT molecular complexity index is 546. The SMILES string of the molecule is CC(CC(F)(F)F)NC(=O)Nc1cc(F)ccc1C(=O)O. The fourth-order valence-electron chi connectivity index (χ4n) is 1.59. The van der Waals surface area contributed by atoms with Crippen LogP contribution in [0.3, 0.4) is 0 Å². The Hall–Kier alpha value is -2.32. The Morgan fingerprint density at radius 1 is 1.33 bits per heavy atom. The first-order valence-corrected chi connectivity index (χ1v) is 5.75. The molecule has 0 aliphatic rings. The molecule has 1 unspecified atom stereocenters. The molecular formula is C12H12F4N2O3. The van der Waals surface area contributed by atoms with Gasteiger partial charge in [0.15, 0.2) is 0 Å². The quantitative estimate of drug-likeness (QED) is 0.748. The van der Waals surface area contributed by atoms with Gasteiger partial charge in [-0.3, -0.25) is 0 Å². The van der Waals surface area contributed by atoms with Crippen LogP contribution in [0.4, 0.5) is 28.0 Å². The Morgan fingerprint density at radius 3 is 2.48 bits per heavy atom. The van der Waals surface area contributed by atoms with Crippen molar-refractivity contribution in [3.05, 3.63) is 29.6 Å². The van der Waals surface area contributed by atoms with Crippen molar-refractivity contribution in [2.24, 2.45) is 0 Å². The first-order chi connectivity index (χ1) is 9.58. The van der Waals surface area contributed by atoms with Crippen LogP contribution in [0.1, 0.15) is 23.7 Å². The zero-order chi connectivity index (χ0) is 16.2. The number of anilines is 1. The minimum absolute atomic E-state index is 0.348. The molecule has 1 aromatic carbocycles. The van der Waals surface area contributed by atoms with Crippen LogP contribution in [-0.4, -0.2) is 29.3 Å². The summed E-state index contributed by atoms with van der Waals surface area (Å²) in [6.07, 6.45) is -5.69. The van der Waals surface area contributed by atoms with Gasteiger partial charge in [-0.25, -0.2) is 14.0 Å². The number of carbonyl (C=O) groups excluding carboxylic acids is 1. The molecule has 5 nitrogen and oxygen atoms in total. The molecule has 0 spiro atoms. The molecule has 1 rings (SSSR count). The number of carboxylic acid groups (broad SMARTS) is 1. The molecule has 0 aromatic heterocycles. The molecule has 21 heavy (non-hydrogen) atoms. The summed E-state index contributed by atoms with van der Waals surface area (Å²) in [6.45, 7) is 1.14. The fourth-order valence-corrected chi connectivity index (χ4v) is 1.59. The van der Waals surface area contributed by atoms with E-state index in [0.29, 0.717) is 0 Å². The van der Waals surface area contributed by atoms with Crippen molar-refractivity contribution in [3.8, 4) is 0 Å². The molecule has 116 valence electrons. The second-order valence-electron chi connectivity index (χ2n) is 4.31. The molecule has 0 aliphatic carbocycles. The lowest BCUT2D eigenvalue weighted by atomic mass is 10.1. The Kier molecular flexibility index (Phi) is 5.12. The van der Waals surface area contributed by atoms with Crippen molar-refractivity contribution < 1.29 is 32.3 Å². The van der Waals surface area contributed by atoms with E-state index in [1.54, 1.807) is 0 Å². The number of aromatic carboxylic acids is 1. The van der Waals surface area contributed by atoms with Crippen molar-refractivity contribution in [1.82, 2.24) is 5.32 Å². The van der Waals surface area contributed by atoms with Crippen LogP contribution in [0.2, 0.25) is 0 Å². The third-order valence-electron chi connectivity index (χ3n) is 2.38. The van der Waals surface area contributed by atoms with Gasteiger partial charge in [-0.15, -0.1) is 0 Å². The molecular weight excluding hydrogens is 296 g/mol. The molecule has 0 fully saturated rings. The number of rotatable bonds is 4. The monoisotopic (exact) mass is 308 g/mol. The minimum atomic E-state index is -4.45. The van der Waals surface area contributed by atoms with E-state index in [2.05, 4.69) is 0 Å². The fraction of sp³-hybridized carbons (Fsp3) is 0.333. The number of amides is 2. The summed E-state index contributed by atoms with van der Waals surface area (Å²) in [4.78, 5) is 22.4. The van der Waals surface area contributed by atoms with Crippen molar-refractivity contribution in [3.63, 3.8) is 0 Å². The van der Waals surface area contributed by atoms with E-state index in [-0.39, 0.29) is 11.3 Å². The van der Waals surface area contributed by atoms with Gasteiger partial charge >= 0.3 is 18.2 Å². The highest BCUT2D eigenvalue weighted by Crippen LogP contribution is 2.21. The first-order valence-electron chi connectivity index (χ1n) is 5.75.